The number of hydrogen-bond donors (Lipinski definition) is 1. The Morgan fingerprint density at radius 3 is 2.29 bits per heavy atom. The summed E-state index contributed by atoms with van der Waals surface area (Å²) in [6.07, 6.45) is 5.43. The molecule has 1 aliphatic heterocycles. The van der Waals surface area contributed by atoms with Crippen molar-refractivity contribution in [1.29, 1.82) is 0 Å². The van der Waals surface area contributed by atoms with Gasteiger partial charge < -0.3 is 10.2 Å². The largest absolute Gasteiger partial charge is 0.352 e. The summed E-state index contributed by atoms with van der Waals surface area (Å²) in [6, 6.07) is 6.98. The van der Waals surface area contributed by atoms with Gasteiger partial charge in [0.25, 0.3) is 11.8 Å². The third-order valence-corrected chi connectivity index (χ3v) is 3.85. The second-order valence-corrected chi connectivity index (χ2v) is 5.54. The molecule has 1 fully saturated rings. The lowest BCUT2D eigenvalue weighted by atomic mass is 10.1. The molecule has 2 amide bonds. The van der Waals surface area contributed by atoms with E-state index in [9.17, 15) is 9.59 Å². The molecule has 114 valence electrons. The second-order valence-electron chi connectivity index (χ2n) is 5.54. The number of nitrogens with zero attached hydrogens (tertiary/aromatic N) is 1. The van der Waals surface area contributed by atoms with Crippen LogP contribution in [0.1, 0.15) is 59.7 Å². The fourth-order valence-corrected chi connectivity index (χ4v) is 2.52. The fourth-order valence-electron chi connectivity index (χ4n) is 2.52. The molecule has 1 aromatic rings. The van der Waals surface area contributed by atoms with Crippen molar-refractivity contribution in [2.24, 2.45) is 0 Å². The number of carbonyl (C=O) groups is 2. The monoisotopic (exact) mass is 288 g/mol. The predicted molar refractivity (Wildman–Crippen MR) is 83.4 cm³/mol. The fraction of sp³-hybridized carbons (Fsp3) is 0.529. The molecule has 0 unspecified atom stereocenters. The van der Waals surface area contributed by atoms with Crippen LogP contribution in [0.2, 0.25) is 0 Å². The van der Waals surface area contributed by atoms with Gasteiger partial charge in [0, 0.05) is 30.8 Å². The number of unbranched alkanes of at least 4 members (excludes halogenated alkanes) is 1. The van der Waals surface area contributed by atoms with Crippen molar-refractivity contribution in [2.45, 2.75) is 39.0 Å². The maximum Gasteiger partial charge on any atom is 0.253 e. The second kappa shape index (κ2) is 7.81. The van der Waals surface area contributed by atoms with Crippen LogP contribution in [0.3, 0.4) is 0 Å². The molecule has 0 bridgehead atoms. The van der Waals surface area contributed by atoms with Crippen LogP contribution in [0.15, 0.2) is 24.3 Å². The quantitative estimate of drug-likeness (QED) is 0.847. The van der Waals surface area contributed by atoms with E-state index >= 15 is 0 Å². The van der Waals surface area contributed by atoms with Crippen LogP contribution in [0, 0.1) is 0 Å². The summed E-state index contributed by atoms with van der Waals surface area (Å²) in [4.78, 5) is 26.1. The van der Waals surface area contributed by atoms with Gasteiger partial charge >= 0.3 is 0 Å². The van der Waals surface area contributed by atoms with E-state index in [1.54, 1.807) is 24.3 Å². The molecule has 0 atom stereocenters. The van der Waals surface area contributed by atoms with E-state index in [1.807, 2.05) is 4.90 Å². The molecule has 1 N–H and O–H groups in total. The van der Waals surface area contributed by atoms with Crippen LogP contribution in [0.25, 0.3) is 0 Å². The first kappa shape index (κ1) is 15.5. The van der Waals surface area contributed by atoms with E-state index in [2.05, 4.69) is 12.2 Å². The summed E-state index contributed by atoms with van der Waals surface area (Å²) in [5.41, 5.74) is 1.28. The number of likely N-dealkylation sites (tertiary alicyclic amines) is 1. The molecule has 1 aliphatic rings. The van der Waals surface area contributed by atoms with Gasteiger partial charge in [0.15, 0.2) is 0 Å². The zero-order valence-electron chi connectivity index (χ0n) is 12.7. The van der Waals surface area contributed by atoms with Crippen LogP contribution < -0.4 is 5.32 Å². The summed E-state index contributed by atoms with van der Waals surface area (Å²) < 4.78 is 0. The predicted octanol–water partition coefficient (Wildman–Crippen LogP) is 2.84. The molecule has 0 aliphatic carbocycles. The van der Waals surface area contributed by atoms with Crippen LogP contribution in [-0.4, -0.2) is 36.3 Å². The van der Waals surface area contributed by atoms with E-state index < -0.39 is 0 Å². The topological polar surface area (TPSA) is 49.4 Å². The number of benzene rings is 1. The van der Waals surface area contributed by atoms with Crippen molar-refractivity contribution in [3.63, 3.8) is 0 Å². The normalized spacial score (nSPS) is 14.8. The van der Waals surface area contributed by atoms with E-state index in [4.69, 9.17) is 0 Å². The molecule has 1 saturated heterocycles. The Hall–Kier alpha value is -1.84. The van der Waals surface area contributed by atoms with Crippen LogP contribution in [0.5, 0.6) is 0 Å². The van der Waals surface area contributed by atoms with Crippen molar-refractivity contribution in [3.05, 3.63) is 35.4 Å². The molecule has 1 aromatic carbocycles. The first-order valence-corrected chi connectivity index (χ1v) is 7.90. The average Bonchev–Trinajstić information content (AvgIpc) is 2.55. The summed E-state index contributed by atoms with van der Waals surface area (Å²) in [5, 5.41) is 2.88. The summed E-state index contributed by atoms with van der Waals surface area (Å²) in [7, 11) is 0. The van der Waals surface area contributed by atoms with E-state index in [0.29, 0.717) is 17.7 Å². The Kier molecular flexibility index (Phi) is 5.78. The SMILES string of the molecule is CCCCNC(=O)c1ccc(C(=O)N2CCCCC2)cc1. The summed E-state index contributed by atoms with van der Waals surface area (Å²) in [6.45, 7) is 4.48. The highest BCUT2D eigenvalue weighted by Gasteiger charge is 2.18. The first-order valence-electron chi connectivity index (χ1n) is 7.90. The summed E-state index contributed by atoms with van der Waals surface area (Å²) >= 11 is 0. The Bertz CT molecular complexity index is 476. The number of piperidine rings is 1. The lowest BCUT2D eigenvalue weighted by molar-refractivity contribution is 0.0724. The maximum atomic E-state index is 12.3. The minimum atomic E-state index is -0.0691. The van der Waals surface area contributed by atoms with Crippen molar-refractivity contribution in [3.8, 4) is 0 Å². The molecule has 2 rings (SSSR count). The minimum Gasteiger partial charge on any atom is -0.352 e. The van der Waals surface area contributed by atoms with E-state index in [-0.39, 0.29) is 11.8 Å². The highest BCUT2D eigenvalue weighted by Crippen LogP contribution is 2.13. The third kappa shape index (κ3) is 4.31. The Morgan fingerprint density at radius 1 is 1.05 bits per heavy atom. The molecule has 1 heterocycles. The van der Waals surface area contributed by atoms with Crippen molar-refractivity contribution in [2.75, 3.05) is 19.6 Å². The van der Waals surface area contributed by atoms with Gasteiger partial charge in [-0.2, -0.15) is 0 Å². The average molecular weight is 288 g/mol. The highest BCUT2D eigenvalue weighted by molar-refractivity contribution is 5.97. The molecule has 4 nitrogen and oxygen atoms in total. The number of amides is 2. The van der Waals surface area contributed by atoms with Crippen molar-refractivity contribution in [1.82, 2.24) is 10.2 Å². The van der Waals surface area contributed by atoms with Crippen LogP contribution in [0.4, 0.5) is 0 Å². The number of rotatable bonds is 5. The van der Waals surface area contributed by atoms with Gasteiger partial charge in [0.1, 0.15) is 0 Å². The molecular weight excluding hydrogens is 264 g/mol. The molecular formula is C17H24N2O2. The Labute approximate surface area is 126 Å². The van der Waals surface area contributed by atoms with Gasteiger partial charge in [0.05, 0.1) is 0 Å². The standard InChI is InChI=1S/C17H24N2O2/c1-2-3-11-18-16(20)14-7-9-15(10-8-14)17(21)19-12-5-4-6-13-19/h7-10H,2-6,11-13H2,1H3,(H,18,20). The van der Waals surface area contributed by atoms with Crippen LogP contribution >= 0.6 is 0 Å². The van der Waals surface area contributed by atoms with Gasteiger partial charge in [0.2, 0.25) is 0 Å². The van der Waals surface area contributed by atoms with E-state index in [0.717, 1.165) is 38.8 Å². The lowest BCUT2D eigenvalue weighted by Gasteiger charge is -2.26. The summed E-state index contributed by atoms with van der Waals surface area (Å²) in [5.74, 6) is 0.00747. The lowest BCUT2D eigenvalue weighted by Crippen LogP contribution is -2.35. The highest BCUT2D eigenvalue weighted by atomic mass is 16.2. The minimum absolute atomic E-state index is 0.0691. The third-order valence-electron chi connectivity index (χ3n) is 3.85. The number of carbonyl (C=O) groups excluding carboxylic acids is 2. The van der Waals surface area contributed by atoms with Gasteiger partial charge in [-0.05, 0) is 49.9 Å². The van der Waals surface area contributed by atoms with Gasteiger partial charge in [-0.1, -0.05) is 13.3 Å². The molecule has 0 radical (unpaired) electrons. The smallest absolute Gasteiger partial charge is 0.253 e. The van der Waals surface area contributed by atoms with Gasteiger partial charge in [-0.15, -0.1) is 0 Å². The van der Waals surface area contributed by atoms with Crippen molar-refractivity contribution >= 4 is 11.8 Å². The Balaban J connectivity index is 1.94. The maximum absolute atomic E-state index is 12.3. The van der Waals surface area contributed by atoms with Crippen LogP contribution in [-0.2, 0) is 0 Å². The first-order chi connectivity index (χ1) is 10.2. The number of nitrogens with one attached hydrogen (secondary N) is 1. The molecule has 0 saturated carbocycles. The van der Waals surface area contributed by atoms with Gasteiger partial charge in [-0.25, -0.2) is 0 Å². The molecule has 0 aromatic heterocycles. The molecule has 4 heteroatoms. The van der Waals surface area contributed by atoms with Crippen molar-refractivity contribution < 1.29 is 9.59 Å². The van der Waals surface area contributed by atoms with E-state index in [1.165, 1.54) is 6.42 Å². The Morgan fingerprint density at radius 2 is 1.67 bits per heavy atom. The molecule has 0 spiro atoms. The molecule has 21 heavy (non-hydrogen) atoms. The zero-order valence-corrected chi connectivity index (χ0v) is 12.7. The zero-order chi connectivity index (χ0) is 15.1. The van der Waals surface area contributed by atoms with Gasteiger partial charge in [-0.3, -0.25) is 9.59 Å². The number of hydrogen-bond acceptors (Lipinski definition) is 2.